The molecule has 0 saturated carbocycles. The fourth-order valence-corrected chi connectivity index (χ4v) is 3.57. The van der Waals surface area contributed by atoms with Crippen LogP contribution < -0.4 is 0 Å². The van der Waals surface area contributed by atoms with Crippen molar-refractivity contribution in [2.24, 2.45) is 0 Å². The van der Waals surface area contributed by atoms with Crippen LogP contribution in [-0.2, 0) is 21.6 Å². The molecule has 1 N–H and O–H groups in total. The van der Waals surface area contributed by atoms with Crippen molar-refractivity contribution in [1.82, 2.24) is 14.8 Å². The number of aliphatic hydroxyl groups is 1. The van der Waals surface area contributed by atoms with Gasteiger partial charge in [-0.05, 0) is 38.3 Å². The largest absolute Gasteiger partial charge is 0.380 e. The van der Waals surface area contributed by atoms with Gasteiger partial charge in [0.05, 0.1) is 12.6 Å². The third-order valence-corrected chi connectivity index (χ3v) is 4.98. The Bertz CT molecular complexity index is 692. The van der Waals surface area contributed by atoms with Gasteiger partial charge < -0.3 is 14.6 Å². The van der Waals surface area contributed by atoms with Crippen LogP contribution in [0.15, 0.2) is 30.9 Å². The van der Waals surface area contributed by atoms with E-state index < -0.39 is 11.7 Å². The highest BCUT2D eigenvalue weighted by molar-refractivity contribution is 6.35. The van der Waals surface area contributed by atoms with Crippen LogP contribution in [0.3, 0.4) is 0 Å². The van der Waals surface area contributed by atoms with Crippen LogP contribution in [0.25, 0.3) is 0 Å². The summed E-state index contributed by atoms with van der Waals surface area (Å²) in [6.07, 6.45) is 4.91. The quantitative estimate of drug-likeness (QED) is 0.824. The molecule has 1 aromatic carbocycles. The van der Waals surface area contributed by atoms with E-state index in [1.54, 1.807) is 36.1 Å². The molecule has 136 valence electrons. The van der Waals surface area contributed by atoms with Crippen molar-refractivity contribution in [2.75, 3.05) is 6.61 Å². The van der Waals surface area contributed by atoms with Crippen LogP contribution in [0.2, 0.25) is 10.0 Å². The Morgan fingerprint density at radius 1 is 1.44 bits per heavy atom. The Morgan fingerprint density at radius 3 is 2.92 bits per heavy atom. The molecule has 1 aliphatic heterocycles. The molecule has 0 amide bonds. The standard InChI is InChI=1S/C17H21Cl2N3O3/c1-12(25-16-4-2-3-7-24-16)17(23,9-22-11-20-10-21-22)14-6-5-13(18)8-15(14)19/h5-6,8,10-12,16,23H,2-4,7,9H2,1H3. The van der Waals surface area contributed by atoms with E-state index >= 15 is 0 Å². The van der Waals surface area contributed by atoms with E-state index in [1.807, 2.05) is 0 Å². The molecule has 3 rings (SSSR count). The van der Waals surface area contributed by atoms with E-state index in [-0.39, 0.29) is 12.8 Å². The fraction of sp³-hybridized carbons (Fsp3) is 0.529. The predicted octanol–water partition coefficient (Wildman–Crippen LogP) is 3.40. The zero-order valence-corrected chi connectivity index (χ0v) is 15.5. The first-order valence-electron chi connectivity index (χ1n) is 8.26. The summed E-state index contributed by atoms with van der Waals surface area (Å²) in [5, 5.41) is 16.5. The molecule has 1 saturated heterocycles. The minimum atomic E-state index is -1.42. The highest BCUT2D eigenvalue weighted by Gasteiger charge is 2.40. The minimum absolute atomic E-state index is 0.141. The summed E-state index contributed by atoms with van der Waals surface area (Å²) in [5.41, 5.74) is -0.895. The summed E-state index contributed by atoms with van der Waals surface area (Å²) >= 11 is 12.4. The normalized spacial score (nSPS) is 21.7. The molecular formula is C17H21Cl2N3O3. The van der Waals surface area contributed by atoms with Crippen molar-refractivity contribution in [1.29, 1.82) is 0 Å². The first kappa shape index (κ1) is 18.6. The number of hydrogen-bond acceptors (Lipinski definition) is 5. The van der Waals surface area contributed by atoms with Gasteiger partial charge in [0.2, 0.25) is 0 Å². The Kier molecular flexibility index (Phi) is 5.96. The average molecular weight is 386 g/mol. The van der Waals surface area contributed by atoms with Gasteiger partial charge in [-0.15, -0.1) is 0 Å². The van der Waals surface area contributed by atoms with Crippen molar-refractivity contribution in [3.8, 4) is 0 Å². The molecule has 6 nitrogen and oxygen atoms in total. The first-order valence-corrected chi connectivity index (χ1v) is 9.02. The second-order valence-corrected chi connectivity index (χ2v) is 7.06. The van der Waals surface area contributed by atoms with Gasteiger partial charge in [0.1, 0.15) is 18.3 Å². The fourth-order valence-electron chi connectivity index (χ4n) is 2.99. The van der Waals surface area contributed by atoms with Crippen LogP contribution in [0.5, 0.6) is 0 Å². The zero-order valence-electron chi connectivity index (χ0n) is 13.9. The lowest BCUT2D eigenvalue weighted by molar-refractivity contribution is -0.229. The molecule has 2 aromatic rings. The zero-order chi connectivity index (χ0) is 17.9. The van der Waals surface area contributed by atoms with E-state index in [2.05, 4.69) is 10.1 Å². The van der Waals surface area contributed by atoms with E-state index in [0.29, 0.717) is 22.2 Å². The van der Waals surface area contributed by atoms with Gasteiger partial charge in [0.25, 0.3) is 0 Å². The summed E-state index contributed by atoms with van der Waals surface area (Å²) in [6.45, 7) is 2.61. The van der Waals surface area contributed by atoms with Gasteiger partial charge >= 0.3 is 0 Å². The second-order valence-electron chi connectivity index (χ2n) is 6.22. The van der Waals surface area contributed by atoms with Gasteiger partial charge in [0.15, 0.2) is 6.29 Å². The summed E-state index contributed by atoms with van der Waals surface area (Å²) < 4.78 is 13.2. The van der Waals surface area contributed by atoms with Crippen molar-refractivity contribution in [3.05, 3.63) is 46.5 Å². The smallest absolute Gasteiger partial charge is 0.158 e. The number of hydrogen-bond donors (Lipinski definition) is 1. The van der Waals surface area contributed by atoms with E-state index in [9.17, 15) is 5.11 Å². The van der Waals surface area contributed by atoms with Gasteiger partial charge in [-0.1, -0.05) is 29.3 Å². The summed E-state index contributed by atoms with van der Waals surface area (Å²) in [6, 6.07) is 5.01. The molecule has 2 heterocycles. The molecule has 0 spiro atoms. The minimum Gasteiger partial charge on any atom is -0.380 e. The molecule has 0 radical (unpaired) electrons. The third kappa shape index (κ3) is 4.33. The van der Waals surface area contributed by atoms with Crippen LogP contribution in [-0.4, -0.2) is 38.9 Å². The van der Waals surface area contributed by atoms with Gasteiger partial charge in [0, 0.05) is 22.2 Å². The van der Waals surface area contributed by atoms with Crippen molar-refractivity contribution < 1.29 is 14.6 Å². The van der Waals surface area contributed by atoms with Gasteiger partial charge in [-0.3, -0.25) is 0 Å². The highest BCUT2D eigenvalue weighted by Crippen LogP contribution is 2.36. The maximum absolute atomic E-state index is 11.5. The summed E-state index contributed by atoms with van der Waals surface area (Å²) in [4.78, 5) is 3.93. The van der Waals surface area contributed by atoms with E-state index in [1.165, 1.54) is 6.33 Å². The Labute approximate surface area is 156 Å². The lowest BCUT2D eigenvalue weighted by Gasteiger charge is -2.37. The Morgan fingerprint density at radius 2 is 2.28 bits per heavy atom. The van der Waals surface area contributed by atoms with Gasteiger partial charge in [-0.25, -0.2) is 9.67 Å². The number of rotatable bonds is 6. The SMILES string of the molecule is CC(OC1CCCCO1)C(O)(Cn1cncn1)c1ccc(Cl)cc1Cl. The Balaban J connectivity index is 1.89. The van der Waals surface area contributed by atoms with Crippen LogP contribution in [0.1, 0.15) is 31.7 Å². The lowest BCUT2D eigenvalue weighted by atomic mass is 9.88. The summed E-state index contributed by atoms with van der Waals surface area (Å²) in [7, 11) is 0. The number of ether oxygens (including phenoxy) is 2. The monoisotopic (exact) mass is 385 g/mol. The molecule has 8 heteroatoms. The first-order chi connectivity index (χ1) is 12.0. The third-order valence-electron chi connectivity index (χ3n) is 4.43. The summed E-state index contributed by atoms with van der Waals surface area (Å²) in [5.74, 6) is 0. The van der Waals surface area contributed by atoms with Gasteiger partial charge in [-0.2, -0.15) is 5.10 Å². The molecule has 1 aliphatic rings. The second kappa shape index (κ2) is 8.01. The molecule has 3 unspecified atom stereocenters. The average Bonchev–Trinajstić information content (AvgIpc) is 3.08. The lowest BCUT2D eigenvalue weighted by Crippen LogP contribution is -2.46. The van der Waals surface area contributed by atoms with Crippen LogP contribution in [0.4, 0.5) is 0 Å². The molecular weight excluding hydrogens is 365 g/mol. The molecule has 25 heavy (non-hydrogen) atoms. The number of halogens is 2. The number of benzene rings is 1. The molecule has 1 aromatic heterocycles. The number of nitrogens with zero attached hydrogens (tertiary/aromatic N) is 3. The van der Waals surface area contributed by atoms with E-state index in [0.717, 1.165) is 19.3 Å². The van der Waals surface area contributed by atoms with Crippen molar-refractivity contribution >= 4 is 23.2 Å². The molecule has 1 fully saturated rings. The van der Waals surface area contributed by atoms with Crippen molar-refractivity contribution in [3.63, 3.8) is 0 Å². The molecule has 3 atom stereocenters. The number of aromatic nitrogens is 3. The highest BCUT2D eigenvalue weighted by atomic mass is 35.5. The molecule has 0 bridgehead atoms. The molecule has 0 aliphatic carbocycles. The Hall–Kier alpha value is -1.18. The maximum Gasteiger partial charge on any atom is 0.158 e. The van der Waals surface area contributed by atoms with Crippen molar-refractivity contribution in [2.45, 2.75) is 50.7 Å². The van der Waals surface area contributed by atoms with Crippen LogP contribution in [0, 0.1) is 0 Å². The topological polar surface area (TPSA) is 69.4 Å². The predicted molar refractivity (Wildman–Crippen MR) is 94.5 cm³/mol. The van der Waals surface area contributed by atoms with E-state index in [4.69, 9.17) is 32.7 Å². The van der Waals surface area contributed by atoms with Crippen LogP contribution >= 0.6 is 23.2 Å². The maximum atomic E-state index is 11.5.